The minimum Gasteiger partial charge on any atom is -0.323 e. The van der Waals surface area contributed by atoms with Crippen molar-refractivity contribution in [3.05, 3.63) is 29.8 Å². The van der Waals surface area contributed by atoms with Gasteiger partial charge < -0.3 is 5.32 Å². The molecule has 1 aromatic rings. The molecule has 1 N–H and O–H groups in total. The number of amides is 1. The van der Waals surface area contributed by atoms with Crippen LogP contribution in [0.25, 0.3) is 0 Å². The molecule has 0 fully saturated rings. The molecule has 1 aliphatic heterocycles. The van der Waals surface area contributed by atoms with Gasteiger partial charge >= 0.3 is 0 Å². The predicted molar refractivity (Wildman–Crippen MR) is 38.9 cm³/mol. The summed E-state index contributed by atoms with van der Waals surface area (Å²) in [5.41, 5.74) is 1.03. The zero-order valence-corrected chi connectivity index (χ0v) is 5.67. The van der Waals surface area contributed by atoms with Gasteiger partial charge in [0.2, 0.25) is 6.17 Å². The fourth-order valence-electron chi connectivity index (χ4n) is 1.17. The fraction of sp³-hybridized carbons (Fsp3) is 0.125. The molecule has 2 nitrogen and oxygen atoms in total. The maximum absolute atomic E-state index is 12.9. The number of halogens is 1. The normalized spacial score (nSPS) is 21.2. The molecule has 0 bridgehead atoms. The van der Waals surface area contributed by atoms with Crippen molar-refractivity contribution >= 4 is 11.6 Å². The highest BCUT2D eigenvalue weighted by Crippen LogP contribution is 2.32. The molecule has 0 saturated heterocycles. The second kappa shape index (κ2) is 2.05. The van der Waals surface area contributed by atoms with Crippen LogP contribution in [0.4, 0.5) is 10.1 Å². The number of hydrogen-bond donors (Lipinski definition) is 1. The van der Waals surface area contributed by atoms with Crippen LogP contribution in [-0.4, -0.2) is 5.91 Å². The third-order valence-electron chi connectivity index (χ3n) is 1.72. The SMILES string of the molecule is O=C1Nc2ccccc2[C@H]1F. The van der Waals surface area contributed by atoms with Gasteiger partial charge in [0.05, 0.1) is 0 Å². The second-order valence-electron chi connectivity index (χ2n) is 2.44. The molecule has 1 amide bonds. The summed E-state index contributed by atoms with van der Waals surface area (Å²) in [6, 6.07) is 6.77. The Kier molecular flexibility index (Phi) is 1.18. The number of benzene rings is 1. The third kappa shape index (κ3) is 0.808. The van der Waals surface area contributed by atoms with E-state index < -0.39 is 12.1 Å². The lowest BCUT2D eigenvalue weighted by molar-refractivity contribution is -0.120. The van der Waals surface area contributed by atoms with Crippen molar-refractivity contribution in [2.45, 2.75) is 6.17 Å². The highest BCUT2D eigenvalue weighted by atomic mass is 19.1. The number of carbonyl (C=O) groups excluding carboxylic acids is 1. The van der Waals surface area contributed by atoms with Crippen molar-refractivity contribution in [2.24, 2.45) is 0 Å². The summed E-state index contributed by atoms with van der Waals surface area (Å²) in [5.74, 6) is -0.564. The Morgan fingerprint density at radius 1 is 1.36 bits per heavy atom. The molecular formula is C8H6FNO. The Bertz CT molecular complexity index is 311. The van der Waals surface area contributed by atoms with E-state index in [0.29, 0.717) is 11.3 Å². The van der Waals surface area contributed by atoms with E-state index >= 15 is 0 Å². The first-order valence-corrected chi connectivity index (χ1v) is 3.33. The topological polar surface area (TPSA) is 29.1 Å². The molecule has 11 heavy (non-hydrogen) atoms. The number of para-hydroxylation sites is 1. The number of alkyl halides is 1. The highest BCUT2D eigenvalue weighted by Gasteiger charge is 2.29. The molecule has 2 rings (SSSR count). The van der Waals surface area contributed by atoms with Crippen molar-refractivity contribution < 1.29 is 9.18 Å². The molecule has 0 aromatic heterocycles. The summed E-state index contributed by atoms with van der Waals surface area (Å²) < 4.78 is 12.9. The lowest BCUT2D eigenvalue weighted by Crippen LogP contribution is -2.07. The largest absolute Gasteiger partial charge is 0.323 e. The summed E-state index contributed by atoms with van der Waals surface area (Å²) in [4.78, 5) is 10.7. The maximum atomic E-state index is 12.9. The predicted octanol–water partition coefficient (Wildman–Crippen LogP) is 1.65. The molecule has 1 aromatic carbocycles. The van der Waals surface area contributed by atoms with Gasteiger partial charge in [-0.05, 0) is 6.07 Å². The molecule has 1 atom stereocenters. The Labute approximate surface area is 63.0 Å². The van der Waals surface area contributed by atoms with Crippen LogP contribution in [0, 0.1) is 0 Å². The smallest absolute Gasteiger partial charge is 0.263 e. The molecule has 0 spiro atoms. The Morgan fingerprint density at radius 3 is 2.82 bits per heavy atom. The molecule has 0 radical (unpaired) electrons. The van der Waals surface area contributed by atoms with E-state index in [1.807, 2.05) is 0 Å². The molecular weight excluding hydrogens is 145 g/mol. The lowest BCUT2D eigenvalue weighted by Gasteiger charge is -1.94. The van der Waals surface area contributed by atoms with Gasteiger partial charge in [0.15, 0.2) is 0 Å². The van der Waals surface area contributed by atoms with Gasteiger partial charge in [0.25, 0.3) is 5.91 Å². The Balaban J connectivity index is 2.55. The maximum Gasteiger partial charge on any atom is 0.263 e. The highest BCUT2D eigenvalue weighted by molar-refractivity contribution is 6.01. The van der Waals surface area contributed by atoms with Gasteiger partial charge in [-0.3, -0.25) is 4.79 Å². The summed E-state index contributed by atoms with van der Waals surface area (Å²) in [7, 11) is 0. The molecule has 3 heteroatoms. The number of anilines is 1. The Morgan fingerprint density at radius 2 is 2.09 bits per heavy atom. The summed E-state index contributed by atoms with van der Waals surface area (Å²) in [6.07, 6.45) is -1.48. The number of hydrogen-bond acceptors (Lipinski definition) is 1. The summed E-state index contributed by atoms with van der Waals surface area (Å²) in [6.45, 7) is 0. The van der Waals surface area contributed by atoms with Crippen molar-refractivity contribution in [1.82, 2.24) is 0 Å². The van der Waals surface area contributed by atoms with Crippen molar-refractivity contribution in [3.8, 4) is 0 Å². The van der Waals surface area contributed by atoms with E-state index in [2.05, 4.69) is 5.32 Å². The van der Waals surface area contributed by atoms with Crippen molar-refractivity contribution in [1.29, 1.82) is 0 Å². The second-order valence-corrected chi connectivity index (χ2v) is 2.44. The van der Waals surface area contributed by atoms with Crippen LogP contribution in [0.15, 0.2) is 24.3 Å². The van der Waals surface area contributed by atoms with Crippen LogP contribution in [0.5, 0.6) is 0 Å². The molecule has 0 saturated carbocycles. The van der Waals surface area contributed by atoms with Gasteiger partial charge in [-0.1, -0.05) is 18.2 Å². The summed E-state index contributed by atoms with van der Waals surface area (Å²) >= 11 is 0. The fourth-order valence-corrected chi connectivity index (χ4v) is 1.17. The van der Waals surface area contributed by atoms with Crippen LogP contribution in [-0.2, 0) is 4.79 Å². The average Bonchev–Trinajstić information content (AvgIpc) is 2.30. The van der Waals surface area contributed by atoms with E-state index in [4.69, 9.17) is 0 Å². The van der Waals surface area contributed by atoms with E-state index in [1.54, 1.807) is 24.3 Å². The van der Waals surface area contributed by atoms with E-state index in [1.165, 1.54) is 0 Å². The quantitative estimate of drug-likeness (QED) is 0.600. The zero-order valence-electron chi connectivity index (χ0n) is 5.67. The minimum absolute atomic E-state index is 0.442. The zero-order chi connectivity index (χ0) is 7.84. The number of nitrogens with one attached hydrogen (secondary N) is 1. The first-order chi connectivity index (χ1) is 5.29. The number of carbonyl (C=O) groups is 1. The Hall–Kier alpha value is -1.38. The molecule has 0 aliphatic carbocycles. The number of fused-ring (bicyclic) bond motifs is 1. The van der Waals surface area contributed by atoms with Crippen LogP contribution in [0.3, 0.4) is 0 Å². The van der Waals surface area contributed by atoms with Gasteiger partial charge in [-0.25, -0.2) is 4.39 Å². The lowest BCUT2D eigenvalue weighted by atomic mass is 10.1. The average molecular weight is 151 g/mol. The summed E-state index contributed by atoms with van der Waals surface area (Å²) in [5, 5.41) is 2.43. The van der Waals surface area contributed by atoms with Crippen LogP contribution < -0.4 is 5.32 Å². The molecule has 56 valence electrons. The van der Waals surface area contributed by atoms with Gasteiger partial charge in [0.1, 0.15) is 0 Å². The minimum atomic E-state index is -1.48. The van der Waals surface area contributed by atoms with Crippen molar-refractivity contribution in [2.75, 3.05) is 5.32 Å². The van der Waals surface area contributed by atoms with E-state index in [-0.39, 0.29) is 0 Å². The first-order valence-electron chi connectivity index (χ1n) is 3.33. The van der Waals surface area contributed by atoms with E-state index in [0.717, 1.165) is 0 Å². The van der Waals surface area contributed by atoms with Gasteiger partial charge in [-0.15, -0.1) is 0 Å². The number of rotatable bonds is 0. The van der Waals surface area contributed by atoms with Crippen LogP contribution in [0.2, 0.25) is 0 Å². The van der Waals surface area contributed by atoms with Crippen LogP contribution >= 0.6 is 0 Å². The van der Waals surface area contributed by atoms with Crippen LogP contribution in [0.1, 0.15) is 11.7 Å². The monoisotopic (exact) mass is 151 g/mol. The third-order valence-corrected chi connectivity index (χ3v) is 1.72. The van der Waals surface area contributed by atoms with Gasteiger partial charge in [0, 0.05) is 11.3 Å². The first kappa shape index (κ1) is 6.34. The standard InChI is InChI=1S/C8H6FNO/c9-7-5-3-1-2-4-6(5)10-8(7)11/h1-4,7H,(H,10,11)/t7-/m1/s1. The molecule has 1 heterocycles. The van der Waals surface area contributed by atoms with Crippen molar-refractivity contribution in [3.63, 3.8) is 0 Å². The van der Waals surface area contributed by atoms with Gasteiger partial charge in [-0.2, -0.15) is 0 Å². The molecule has 0 unspecified atom stereocenters. The van der Waals surface area contributed by atoms with E-state index in [9.17, 15) is 9.18 Å². The molecule has 1 aliphatic rings.